The molecule has 0 aromatic rings. The lowest BCUT2D eigenvalue weighted by Gasteiger charge is -2.38. The SMILES string of the molecule is C1=CC2(CC2)C2C3=C(CCC3)C12. The van der Waals surface area contributed by atoms with Gasteiger partial charge in [-0.25, -0.2) is 0 Å². The van der Waals surface area contributed by atoms with Crippen LogP contribution in [0.25, 0.3) is 0 Å². The summed E-state index contributed by atoms with van der Waals surface area (Å²) < 4.78 is 0. The molecule has 0 radical (unpaired) electrons. The molecule has 4 rings (SSSR count). The summed E-state index contributed by atoms with van der Waals surface area (Å²) in [6, 6.07) is 0. The van der Waals surface area contributed by atoms with Crippen LogP contribution in [-0.4, -0.2) is 0 Å². The summed E-state index contributed by atoms with van der Waals surface area (Å²) in [5, 5.41) is 0. The van der Waals surface area contributed by atoms with Gasteiger partial charge in [-0.2, -0.15) is 0 Å². The van der Waals surface area contributed by atoms with E-state index in [0.29, 0.717) is 5.41 Å². The van der Waals surface area contributed by atoms with Crippen LogP contribution in [0, 0.1) is 17.3 Å². The van der Waals surface area contributed by atoms with E-state index in [1.807, 2.05) is 11.1 Å². The molecule has 0 heteroatoms. The average Bonchev–Trinajstić information content (AvgIpc) is 2.52. The highest BCUT2D eigenvalue weighted by Crippen LogP contribution is 2.70. The highest BCUT2D eigenvalue weighted by atomic mass is 14.6. The maximum Gasteiger partial charge on any atom is 0.00537 e. The van der Waals surface area contributed by atoms with Crippen molar-refractivity contribution in [3.63, 3.8) is 0 Å². The van der Waals surface area contributed by atoms with Crippen LogP contribution in [0.4, 0.5) is 0 Å². The van der Waals surface area contributed by atoms with Crippen molar-refractivity contribution in [1.29, 1.82) is 0 Å². The second kappa shape index (κ2) is 1.57. The summed E-state index contributed by atoms with van der Waals surface area (Å²) in [6.07, 6.45) is 12.4. The number of hydrogen-bond acceptors (Lipinski definition) is 0. The molecule has 0 nitrogen and oxygen atoms in total. The van der Waals surface area contributed by atoms with Crippen LogP contribution in [0.3, 0.4) is 0 Å². The van der Waals surface area contributed by atoms with Crippen molar-refractivity contribution < 1.29 is 0 Å². The summed E-state index contributed by atoms with van der Waals surface area (Å²) in [6.45, 7) is 0. The van der Waals surface area contributed by atoms with E-state index in [1.54, 1.807) is 0 Å². The van der Waals surface area contributed by atoms with Crippen molar-refractivity contribution in [3.8, 4) is 0 Å². The average molecular weight is 158 g/mol. The zero-order chi connectivity index (χ0) is 7.76. The standard InChI is InChI=1S/C12H14/c1-2-8-9(3-1)11-10(8)4-5-12(11)6-7-12/h4-5,10-11H,1-3,6-7H2. The smallest absolute Gasteiger partial charge is 0.00537 e. The van der Waals surface area contributed by atoms with E-state index in [1.165, 1.54) is 32.1 Å². The lowest BCUT2D eigenvalue weighted by molar-refractivity contribution is 0.348. The minimum atomic E-state index is 0.716. The highest BCUT2D eigenvalue weighted by Gasteiger charge is 2.59. The molecule has 62 valence electrons. The lowest BCUT2D eigenvalue weighted by Crippen LogP contribution is -2.29. The number of fused-ring (bicyclic) bond motifs is 4. The number of hydrogen-bond donors (Lipinski definition) is 0. The minimum absolute atomic E-state index is 0.716. The van der Waals surface area contributed by atoms with Gasteiger partial charge in [-0.05, 0) is 43.4 Å². The van der Waals surface area contributed by atoms with Gasteiger partial charge in [0.25, 0.3) is 0 Å². The van der Waals surface area contributed by atoms with Gasteiger partial charge < -0.3 is 0 Å². The van der Waals surface area contributed by atoms with Crippen LogP contribution in [0.2, 0.25) is 0 Å². The molecule has 4 aliphatic carbocycles. The van der Waals surface area contributed by atoms with Gasteiger partial charge in [0.05, 0.1) is 0 Å². The Labute approximate surface area is 73.4 Å². The van der Waals surface area contributed by atoms with Crippen molar-refractivity contribution in [1.82, 2.24) is 0 Å². The fraction of sp³-hybridized carbons (Fsp3) is 0.667. The Kier molecular flexibility index (Phi) is 0.788. The van der Waals surface area contributed by atoms with Crippen LogP contribution in [0.15, 0.2) is 23.3 Å². The van der Waals surface area contributed by atoms with Gasteiger partial charge in [0, 0.05) is 5.92 Å². The van der Waals surface area contributed by atoms with Crippen molar-refractivity contribution in [2.45, 2.75) is 32.1 Å². The molecule has 0 saturated heterocycles. The number of allylic oxidation sites excluding steroid dienone is 4. The first-order valence-electron chi connectivity index (χ1n) is 5.32. The fourth-order valence-corrected chi connectivity index (χ4v) is 3.80. The normalized spacial score (nSPS) is 44.7. The first-order chi connectivity index (χ1) is 5.91. The monoisotopic (exact) mass is 158 g/mol. The highest BCUT2D eigenvalue weighted by molar-refractivity contribution is 5.48. The number of rotatable bonds is 0. The maximum atomic E-state index is 2.54. The van der Waals surface area contributed by atoms with Crippen LogP contribution in [0.1, 0.15) is 32.1 Å². The van der Waals surface area contributed by atoms with E-state index in [2.05, 4.69) is 12.2 Å². The Balaban J connectivity index is 1.84. The molecule has 0 aromatic heterocycles. The Hall–Kier alpha value is -0.520. The maximum absolute atomic E-state index is 2.54. The molecular weight excluding hydrogens is 144 g/mol. The zero-order valence-electron chi connectivity index (χ0n) is 7.34. The first-order valence-corrected chi connectivity index (χ1v) is 5.32. The van der Waals surface area contributed by atoms with E-state index in [9.17, 15) is 0 Å². The van der Waals surface area contributed by atoms with Crippen molar-refractivity contribution >= 4 is 0 Å². The van der Waals surface area contributed by atoms with Crippen LogP contribution < -0.4 is 0 Å². The molecule has 12 heavy (non-hydrogen) atoms. The van der Waals surface area contributed by atoms with Gasteiger partial charge in [0.2, 0.25) is 0 Å². The van der Waals surface area contributed by atoms with Crippen LogP contribution >= 0.6 is 0 Å². The van der Waals surface area contributed by atoms with E-state index >= 15 is 0 Å². The van der Waals surface area contributed by atoms with E-state index in [0.717, 1.165) is 11.8 Å². The summed E-state index contributed by atoms with van der Waals surface area (Å²) in [4.78, 5) is 0. The Morgan fingerprint density at radius 3 is 2.83 bits per heavy atom. The molecule has 1 saturated carbocycles. The molecule has 2 unspecified atom stereocenters. The van der Waals surface area contributed by atoms with Gasteiger partial charge in [-0.3, -0.25) is 0 Å². The second-order valence-corrected chi connectivity index (χ2v) is 5.00. The van der Waals surface area contributed by atoms with Gasteiger partial charge >= 0.3 is 0 Å². The summed E-state index contributed by atoms with van der Waals surface area (Å²) in [7, 11) is 0. The molecule has 0 bridgehead atoms. The molecule has 1 spiro atoms. The second-order valence-electron chi connectivity index (χ2n) is 5.00. The van der Waals surface area contributed by atoms with Gasteiger partial charge in [-0.1, -0.05) is 23.3 Å². The van der Waals surface area contributed by atoms with E-state index < -0.39 is 0 Å². The topological polar surface area (TPSA) is 0 Å². The Bertz CT molecular complexity index is 315. The van der Waals surface area contributed by atoms with Crippen molar-refractivity contribution in [2.75, 3.05) is 0 Å². The van der Waals surface area contributed by atoms with Crippen LogP contribution in [-0.2, 0) is 0 Å². The van der Waals surface area contributed by atoms with Gasteiger partial charge in [0.1, 0.15) is 0 Å². The molecule has 4 aliphatic rings. The molecule has 1 fully saturated rings. The van der Waals surface area contributed by atoms with E-state index in [4.69, 9.17) is 0 Å². The third kappa shape index (κ3) is 0.460. The van der Waals surface area contributed by atoms with Gasteiger partial charge in [0.15, 0.2) is 0 Å². The summed E-state index contributed by atoms with van der Waals surface area (Å²) in [5.41, 5.74) is 4.45. The van der Waals surface area contributed by atoms with Crippen molar-refractivity contribution in [3.05, 3.63) is 23.3 Å². The zero-order valence-corrected chi connectivity index (χ0v) is 7.34. The molecular formula is C12H14. The minimum Gasteiger partial charge on any atom is -0.0810 e. The summed E-state index contributed by atoms with van der Waals surface area (Å²) in [5.74, 6) is 1.93. The largest absolute Gasteiger partial charge is 0.0810 e. The third-order valence-electron chi connectivity index (χ3n) is 4.52. The molecule has 0 heterocycles. The molecule has 0 amide bonds. The first kappa shape index (κ1) is 6.01. The summed E-state index contributed by atoms with van der Waals surface area (Å²) >= 11 is 0. The molecule has 2 atom stereocenters. The Morgan fingerprint density at radius 2 is 2.00 bits per heavy atom. The quantitative estimate of drug-likeness (QED) is 0.475. The molecule has 0 aromatic carbocycles. The van der Waals surface area contributed by atoms with Crippen LogP contribution in [0.5, 0.6) is 0 Å². The molecule has 0 N–H and O–H groups in total. The Morgan fingerprint density at radius 1 is 1.17 bits per heavy atom. The third-order valence-corrected chi connectivity index (χ3v) is 4.52. The lowest BCUT2D eigenvalue weighted by atomic mass is 9.66. The fourth-order valence-electron chi connectivity index (χ4n) is 3.80. The van der Waals surface area contributed by atoms with Gasteiger partial charge in [-0.15, -0.1) is 0 Å². The molecule has 0 aliphatic heterocycles. The van der Waals surface area contributed by atoms with E-state index in [-0.39, 0.29) is 0 Å². The predicted octanol–water partition coefficient (Wildman–Crippen LogP) is 3.06. The predicted molar refractivity (Wildman–Crippen MR) is 48.7 cm³/mol. The van der Waals surface area contributed by atoms with Crippen molar-refractivity contribution in [2.24, 2.45) is 17.3 Å².